The fourth-order valence-electron chi connectivity index (χ4n) is 6.61. The van der Waals surface area contributed by atoms with Gasteiger partial charge in [-0.1, -0.05) is 29.3 Å². The number of likely N-dealkylation sites (N-methyl/N-ethyl adjacent to an activating group) is 1. The number of aromatic carboxylic acids is 1. The normalized spacial score (nSPS) is 17.7. The zero-order valence-corrected chi connectivity index (χ0v) is 29.2. The molecule has 2 fully saturated rings. The third kappa shape index (κ3) is 6.41. The Balaban J connectivity index is 1.28. The van der Waals surface area contributed by atoms with E-state index in [1.165, 1.54) is 6.20 Å². The monoisotopic (exact) mass is 715 g/mol. The lowest BCUT2D eigenvalue weighted by atomic mass is 9.98. The number of hydrogen-bond acceptors (Lipinski definition) is 10. The van der Waals surface area contributed by atoms with Crippen molar-refractivity contribution in [2.75, 3.05) is 57.2 Å². The lowest BCUT2D eigenvalue weighted by Crippen LogP contribution is -2.57. The number of ether oxygens (including phenoxy) is 2. The van der Waals surface area contributed by atoms with E-state index in [4.69, 9.17) is 37.7 Å². The Morgan fingerprint density at radius 1 is 1.02 bits per heavy atom. The van der Waals surface area contributed by atoms with Crippen LogP contribution in [0.5, 0.6) is 11.8 Å². The van der Waals surface area contributed by atoms with Crippen LogP contribution in [0.15, 0.2) is 78.1 Å². The molecule has 2 atom stereocenters. The first-order chi connectivity index (χ1) is 24.1. The number of carboxylic acid groups (broad SMARTS) is 1. The average Bonchev–Trinajstić information content (AvgIpc) is 3.51. The SMILES string of the molecule is COc1ccc(C2C[C@H](COc3ncccc3Cl)N(c3cc4c(cc3Cl)c(=O)c(C(=O)O)cn4-c3ccc(N4CC(N(C)C)C4)nc3)C2)cn1. The van der Waals surface area contributed by atoms with Crippen molar-refractivity contribution in [2.45, 2.75) is 24.4 Å². The third-order valence-corrected chi connectivity index (χ3v) is 10.1. The summed E-state index contributed by atoms with van der Waals surface area (Å²) in [6, 6.07) is 14.8. The van der Waals surface area contributed by atoms with Crippen molar-refractivity contribution in [1.82, 2.24) is 24.4 Å². The molecule has 12 nitrogen and oxygen atoms in total. The summed E-state index contributed by atoms with van der Waals surface area (Å²) in [5.74, 6) is 0.414. The summed E-state index contributed by atoms with van der Waals surface area (Å²) >= 11 is 13.3. The molecule has 2 aliphatic rings. The number of nitrogens with zero attached hydrogens (tertiary/aromatic N) is 7. The van der Waals surface area contributed by atoms with E-state index < -0.39 is 11.4 Å². The fourth-order valence-corrected chi connectivity index (χ4v) is 7.06. The third-order valence-electron chi connectivity index (χ3n) is 9.53. The summed E-state index contributed by atoms with van der Waals surface area (Å²) in [5, 5.41) is 10.9. The molecule has 0 saturated carbocycles. The second-order valence-corrected chi connectivity index (χ2v) is 13.6. The zero-order chi connectivity index (χ0) is 35.1. The standard InChI is InChI=1S/C36H35Cl2N7O5/c1-42(2)25-17-43(18-25)32-8-7-23(15-40-32)45-19-27(36(47)48)34(46)26-12-29(38)31(13-30(26)45)44-16-22(21-6-9-33(49-3)41-14-21)11-24(44)20-50-35-28(37)5-4-10-39-35/h4-10,12-15,19,22,24-25H,11,16-18,20H2,1-3H3,(H,47,48)/t22?,24-/m1/s1. The predicted octanol–water partition coefficient (Wildman–Crippen LogP) is 5.38. The van der Waals surface area contributed by atoms with Crippen LogP contribution in [-0.2, 0) is 0 Å². The van der Waals surface area contributed by atoms with E-state index in [9.17, 15) is 14.7 Å². The van der Waals surface area contributed by atoms with E-state index in [1.54, 1.807) is 42.3 Å². The first-order valence-corrected chi connectivity index (χ1v) is 16.9. The summed E-state index contributed by atoms with van der Waals surface area (Å²) in [6.45, 7) is 2.56. The molecule has 50 heavy (non-hydrogen) atoms. The molecular formula is C36H35Cl2N7O5. The van der Waals surface area contributed by atoms with Gasteiger partial charge < -0.3 is 33.8 Å². The van der Waals surface area contributed by atoms with Crippen molar-refractivity contribution < 1.29 is 19.4 Å². The Hall–Kier alpha value is -4.91. The average molecular weight is 717 g/mol. The van der Waals surface area contributed by atoms with Gasteiger partial charge in [0.25, 0.3) is 0 Å². The first kappa shape index (κ1) is 33.6. The highest BCUT2D eigenvalue weighted by atomic mass is 35.5. The Morgan fingerprint density at radius 3 is 2.50 bits per heavy atom. The highest BCUT2D eigenvalue weighted by Crippen LogP contribution is 2.40. The number of anilines is 2. The Labute approximate surface area is 298 Å². The molecule has 4 aromatic heterocycles. The van der Waals surface area contributed by atoms with Gasteiger partial charge in [0.15, 0.2) is 0 Å². The van der Waals surface area contributed by atoms with Gasteiger partial charge >= 0.3 is 5.97 Å². The summed E-state index contributed by atoms with van der Waals surface area (Å²) in [4.78, 5) is 45.7. The van der Waals surface area contributed by atoms with Crippen LogP contribution < -0.4 is 24.7 Å². The minimum absolute atomic E-state index is 0.0647. The molecule has 258 valence electrons. The van der Waals surface area contributed by atoms with Crippen molar-refractivity contribution in [3.05, 3.63) is 105 Å². The summed E-state index contributed by atoms with van der Waals surface area (Å²) in [5.41, 5.74) is 1.80. The Bertz CT molecular complexity index is 2100. The van der Waals surface area contributed by atoms with Gasteiger partial charge in [-0.05, 0) is 62.5 Å². The number of aromatic nitrogens is 4. The van der Waals surface area contributed by atoms with Gasteiger partial charge in [0, 0.05) is 61.6 Å². The molecule has 14 heteroatoms. The molecule has 5 aromatic rings. The number of pyridine rings is 4. The fraction of sp³-hybridized carbons (Fsp3) is 0.306. The maximum Gasteiger partial charge on any atom is 0.341 e. The summed E-state index contributed by atoms with van der Waals surface area (Å²) < 4.78 is 13.1. The second-order valence-electron chi connectivity index (χ2n) is 12.7. The molecule has 0 amide bonds. The summed E-state index contributed by atoms with van der Waals surface area (Å²) in [6.07, 6.45) is 7.18. The highest BCUT2D eigenvalue weighted by Gasteiger charge is 2.36. The number of fused-ring (bicyclic) bond motifs is 1. The van der Waals surface area contributed by atoms with Crippen LogP contribution in [0.2, 0.25) is 10.0 Å². The number of hydrogen-bond donors (Lipinski definition) is 1. The summed E-state index contributed by atoms with van der Waals surface area (Å²) in [7, 11) is 5.70. The van der Waals surface area contributed by atoms with Gasteiger partial charge in [-0.2, -0.15) is 0 Å². The van der Waals surface area contributed by atoms with Crippen molar-refractivity contribution in [3.8, 4) is 17.4 Å². The van der Waals surface area contributed by atoms with Crippen LogP contribution >= 0.6 is 23.2 Å². The Kier molecular flexibility index (Phi) is 9.25. The first-order valence-electron chi connectivity index (χ1n) is 16.1. The van der Waals surface area contributed by atoms with E-state index in [2.05, 4.69) is 38.8 Å². The van der Waals surface area contributed by atoms with Gasteiger partial charge in [0.1, 0.15) is 23.0 Å². The van der Waals surface area contributed by atoms with Gasteiger partial charge in [0.2, 0.25) is 17.2 Å². The van der Waals surface area contributed by atoms with Crippen LogP contribution in [0, 0.1) is 0 Å². The van der Waals surface area contributed by atoms with Gasteiger partial charge in [-0.3, -0.25) is 4.79 Å². The van der Waals surface area contributed by atoms with Gasteiger partial charge in [-0.15, -0.1) is 0 Å². The van der Waals surface area contributed by atoms with Crippen LogP contribution in [0.1, 0.15) is 28.3 Å². The number of carbonyl (C=O) groups is 1. The van der Waals surface area contributed by atoms with E-state index in [-0.39, 0.29) is 29.5 Å². The van der Waals surface area contributed by atoms with Crippen LogP contribution in [-0.4, -0.2) is 95.0 Å². The molecule has 0 spiro atoms. The molecule has 1 unspecified atom stereocenters. The largest absolute Gasteiger partial charge is 0.481 e. The topological polar surface area (TPSA) is 126 Å². The van der Waals surface area contributed by atoms with Crippen LogP contribution in [0.25, 0.3) is 16.6 Å². The minimum atomic E-state index is -1.33. The molecular weight excluding hydrogens is 681 g/mol. The molecule has 0 radical (unpaired) electrons. The molecule has 0 bridgehead atoms. The Morgan fingerprint density at radius 2 is 1.84 bits per heavy atom. The molecule has 1 N–H and O–H groups in total. The van der Waals surface area contributed by atoms with E-state index in [0.29, 0.717) is 57.7 Å². The van der Waals surface area contributed by atoms with Crippen molar-refractivity contribution >= 4 is 51.6 Å². The zero-order valence-electron chi connectivity index (χ0n) is 27.7. The number of rotatable bonds is 10. The maximum absolute atomic E-state index is 13.5. The van der Waals surface area contributed by atoms with Crippen molar-refractivity contribution in [2.24, 2.45) is 0 Å². The van der Waals surface area contributed by atoms with Crippen molar-refractivity contribution in [3.63, 3.8) is 0 Å². The predicted molar refractivity (Wildman–Crippen MR) is 193 cm³/mol. The highest BCUT2D eigenvalue weighted by molar-refractivity contribution is 6.34. The number of carboxylic acids is 1. The number of methoxy groups -OCH3 is 1. The second kappa shape index (κ2) is 13.8. The molecule has 7 rings (SSSR count). The lowest BCUT2D eigenvalue weighted by molar-refractivity contribution is 0.0695. The van der Waals surface area contributed by atoms with Crippen molar-refractivity contribution in [1.29, 1.82) is 0 Å². The smallest absolute Gasteiger partial charge is 0.341 e. The number of benzene rings is 1. The quantitative estimate of drug-likeness (QED) is 0.200. The minimum Gasteiger partial charge on any atom is -0.481 e. The van der Waals surface area contributed by atoms with Gasteiger partial charge in [-0.25, -0.2) is 19.7 Å². The van der Waals surface area contributed by atoms with Crippen LogP contribution in [0.3, 0.4) is 0 Å². The molecule has 0 aliphatic carbocycles. The van der Waals surface area contributed by atoms with E-state index in [0.717, 1.165) is 24.5 Å². The molecule has 1 aromatic carbocycles. The van der Waals surface area contributed by atoms with Crippen LogP contribution in [0.4, 0.5) is 11.5 Å². The maximum atomic E-state index is 13.5. The molecule has 2 saturated heterocycles. The molecule has 6 heterocycles. The van der Waals surface area contributed by atoms with E-state index in [1.807, 2.05) is 36.5 Å². The lowest BCUT2D eigenvalue weighted by Gasteiger charge is -2.43. The van der Waals surface area contributed by atoms with E-state index >= 15 is 0 Å². The van der Waals surface area contributed by atoms with Gasteiger partial charge in [0.05, 0.1) is 41.3 Å². The molecule has 2 aliphatic heterocycles. The number of halogens is 2.